The van der Waals surface area contributed by atoms with E-state index in [-0.39, 0.29) is 5.91 Å². The number of benzene rings is 2. The van der Waals surface area contributed by atoms with Crippen LogP contribution in [-0.4, -0.2) is 25.1 Å². The van der Waals surface area contributed by atoms with Crippen molar-refractivity contribution in [3.8, 4) is 5.75 Å². The van der Waals surface area contributed by atoms with Crippen LogP contribution in [0.4, 0.5) is 17.1 Å². The van der Waals surface area contributed by atoms with Gasteiger partial charge in [-0.15, -0.1) is 0 Å². The smallest absolute Gasteiger partial charge is 0.255 e. The molecule has 5 heteroatoms. The van der Waals surface area contributed by atoms with Crippen molar-refractivity contribution in [2.45, 2.75) is 52.1 Å². The van der Waals surface area contributed by atoms with Gasteiger partial charge in [-0.2, -0.15) is 0 Å². The number of nitrogens with one attached hydrogen (secondary N) is 1. The molecule has 0 bridgehead atoms. The van der Waals surface area contributed by atoms with Gasteiger partial charge in [-0.1, -0.05) is 6.07 Å². The summed E-state index contributed by atoms with van der Waals surface area (Å²) < 4.78 is 5.21. The number of amides is 1. The van der Waals surface area contributed by atoms with E-state index in [1.54, 1.807) is 25.3 Å². The van der Waals surface area contributed by atoms with Crippen LogP contribution in [0.3, 0.4) is 0 Å². The third kappa shape index (κ3) is 4.02. The molecule has 1 fully saturated rings. The molecule has 0 unspecified atom stereocenters. The number of carbonyl (C=O) groups excluding carboxylic acids is 1. The molecule has 5 nitrogen and oxygen atoms in total. The first-order valence-corrected chi connectivity index (χ1v) is 9.54. The monoisotopic (exact) mass is 367 g/mol. The summed E-state index contributed by atoms with van der Waals surface area (Å²) in [6.45, 7) is 6.60. The molecule has 144 valence electrons. The van der Waals surface area contributed by atoms with E-state index >= 15 is 0 Å². The van der Waals surface area contributed by atoms with Crippen molar-refractivity contribution in [3.05, 3.63) is 47.5 Å². The van der Waals surface area contributed by atoms with Crippen molar-refractivity contribution >= 4 is 23.0 Å². The zero-order valence-corrected chi connectivity index (χ0v) is 16.6. The Bertz CT molecular complexity index is 824. The van der Waals surface area contributed by atoms with Gasteiger partial charge in [-0.3, -0.25) is 4.79 Å². The van der Waals surface area contributed by atoms with Crippen molar-refractivity contribution in [2.75, 3.05) is 23.1 Å². The first kappa shape index (κ1) is 19.1. The third-order valence-electron chi connectivity index (χ3n) is 5.42. The highest BCUT2D eigenvalue weighted by Gasteiger charge is 2.26. The summed E-state index contributed by atoms with van der Waals surface area (Å²) in [6, 6.07) is 12.0. The van der Waals surface area contributed by atoms with Gasteiger partial charge in [0.2, 0.25) is 0 Å². The van der Waals surface area contributed by atoms with Crippen molar-refractivity contribution in [1.82, 2.24) is 0 Å². The Balaban J connectivity index is 1.90. The van der Waals surface area contributed by atoms with Gasteiger partial charge >= 0.3 is 0 Å². The fourth-order valence-electron chi connectivity index (χ4n) is 3.96. The van der Waals surface area contributed by atoms with Gasteiger partial charge in [0, 0.05) is 23.3 Å². The van der Waals surface area contributed by atoms with Crippen LogP contribution >= 0.6 is 0 Å². The van der Waals surface area contributed by atoms with E-state index in [2.05, 4.69) is 31.0 Å². The average molecular weight is 367 g/mol. The van der Waals surface area contributed by atoms with E-state index in [4.69, 9.17) is 10.5 Å². The van der Waals surface area contributed by atoms with Crippen LogP contribution in [0.15, 0.2) is 36.4 Å². The topological polar surface area (TPSA) is 67.6 Å². The van der Waals surface area contributed by atoms with Crippen LogP contribution in [0, 0.1) is 6.92 Å². The fraction of sp³-hybridized carbons (Fsp3) is 0.409. The molecule has 0 aliphatic carbocycles. The molecule has 2 aromatic carbocycles. The van der Waals surface area contributed by atoms with E-state index in [1.807, 2.05) is 18.2 Å². The van der Waals surface area contributed by atoms with Crippen LogP contribution in [-0.2, 0) is 0 Å². The van der Waals surface area contributed by atoms with E-state index in [0.717, 1.165) is 11.3 Å². The highest BCUT2D eigenvalue weighted by Crippen LogP contribution is 2.36. The molecule has 3 N–H and O–H groups in total. The third-order valence-corrected chi connectivity index (χ3v) is 5.42. The summed E-state index contributed by atoms with van der Waals surface area (Å²) >= 11 is 0. The molecule has 0 spiro atoms. The molecule has 0 aromatic heterocycles. The standard InChI is InChI=1S/C22H29N3O2/c1-14-11-19(23)20(13-21(14)25-15(2)7-5-8-16(25)3)24-22(26)17-9-6-10-18(12-17)27-4/h6,9-13,15-16H,5,7-8,23H2,1-4H3,(H,24,26)/t15-,16-/m1/s1. The predicted molar refractivity (Wildman–Crippen MR) is 112 cm³/mol. The molecule has 1 aliphatic heterocycles. The number of nitrogen functional groups attached to an aromatic ring is 1. The second-order valence-corrected chi connectivity index (χ2v) is 7.45. The SMILES string of the molecule is COc1cccc(C(=O)Nc2cc(N3[C@H](C)CCC[C@H]3C)c(C)cc2N)c1. The maximum absolute atomic E-state index is 12.7. The molecule has 0 saturated carbocycles. The summed E-state index contributed by atoms with van der Waals surface area (Å²) in [7, 11) is 1.59. The molecular formula is C22H29N3O2. The van der Waals surface area contributed by atoms with Crippen LogP contribution in [0.1, 0.15) is 49.0 Å². The Morgan fingerprint density at radius 3 is 2.56 bits per heavy atom. The summed E-state index contributed by atoms with van der Waals surface area (Å²) in [4.78, 5) is 15.2. The predicted octanol–water partition coefficient (Wildman–Crippen LogP) is 4.61. The molecule has 3 rings (SSSR count). The van der Waals surface area contributed by atoms with Gasteiger partial charge in [0.1, 0.15) is 5.75 Å². The van der Waals surface area contributed by atoms with Crippen molar-refractivity contribution in [3.63, 3.8) is 0 Å². The molecular weight excluding hydrogens is 338 g/mol. The number of carbonyl (C=O) groups is 1. The number of rotatable bonds is 4. The second-order valence-electron chi connectivity index (χ2n) is 7.45. The molecule has 2 aromatic rings. The summed E-state index contributed by atoms with van der Waals surface area (Å²) in [5, 5.41) is 2.97. The molecule has 1 amide bonds. The summed E-state index contributed by atoms with van der Waals surface area (Å²) in [6.07, 6.45) is 3.62. The van der Waals surface area contributed by atoms with E-state index in [0.29, 0.717) is 34.8 Å². The quantitative estimate of drug-likeness (QED) is 0.775. The zero-order chi connectivity index (χ0) is 19.6. The zero-order valence-electron chi connectivity index (χ0n) is 16.6. The van der Waals surface area contributed by atoms with Crippen molar-refractivity contribution in [1.29, 1.82) is 0 Å². The number of methoxy groups -OCH3 is 1. The lowest BCUT2D eigenvalue weighted by molar-refractivity contribution is 0.102. The number of piperidine rings is 1. The normalized spacial score (nSPS) is 19.6. The van der Waals surface area contributed by atoms with Crippen LogP contribution in [0.2, 0.25) is 0 Å². The largest absolute Gasteiger partial charge is 0.497 e. The molecule has 1 heterocycles. The first-order chi connectivity index (χ1) is 12.9. The number of hydrogen-bond donors (Lipinski definition) is 2. The Hall–Kier alpha value is -2.69. The maximum Gasteiger partial charge on any atom is 0.255 e. The Labute approximate surface area is 161 Å². The fourth-order valence-corrected chi connectivity index (χ4v) is 3.96. The number of hydrogen-bond acceptors (Lipinski definition) is 4. The minimum Gasteiger partial charge on any atom is -0.497 e. The average Bonchev–Trinajstić information content (AvgIpc) is 2.65. The summed E-state index contributed by atoms with van der Waals surface area (Å²) in [5.74, 6) is 0.450. The highest BCUT2D eigenvalue weighted by atomic mass is 16.5. The van der Waals surface area contributed by atoms with Gasteiger partial charge in [0.25, 0.3) is 5.91 Å². The van der Waals surface area contributed by atoms with Crippen molar-refractivity contribution < 1.29 is 9.53 Å². The highest BCUT2D eigenvalue weighted by molar-refractivity contribution is 6.06. The van der Waals surface area contributed by atoms with Gasteiger partial charge in [-0.05, 0) is 75.9 Å². The number of anilines is 3. The second kappa shape index (κ2) is 7.91. The van der Waals surface area contributed by atoms with E-state index in [1.165, 1.54) is 19.3 Å². The summed E-state index contributed by atoms with van der Waals surface area (Å²) in [5.41, 5.74) is 10.2. The van der Waals surface area contributed by atoms with Crippen LogP contribution < -0.4 is 20.7 Å². The van der Waals surface area contributed by atoms with Gasteiger partial charge in [0.05, 0.1) is 18.5 Å². The molecule has 0 radical (unpaired) electrons. The first-order valence-electron chi connectivity index (χ1n) is 9.54. The Kier molecular flexibility index (Phi) is 5.59. The lowest BCUT2D eigenvalue weighted by Crippen LogP contribution is -2.44. The minimum absolute atomic E-state index is 0.199. The van der Waals surface area contributed by atoms with Crippen LogP contribution in [0.5, 0.6) is 5.75 Å². The molecule has 1 aliphatic rings. The van der Waals surface area contributed by atoms with E-state index in [9.17, 15) is 4.79 Å². The minimum atomic E-state index is -0.199. The lowest BCUT2D eigenvalue weighted by Gasteiger charge is -2.42. The van der Waals surface area contributed by atoms with Gasteiger partial charge < -0.3 is 20.7 Å². The number of aryl methyl sites for hydroxylation is 1. The van der Waals surface area contributed by atoms with Gasteiger partial charge in [-0.25, -0.2) is 0 Å². The molecule has 1 saturated heterocycles. The Morgan fingerprint density at radius 1 is 1.19 bits per heavy atom. The molecule has 2 atom stereocenters. The number of nitrogens with two attached hydrogens (primary N) is 1. The Morgan fingerprint density at radius 2 is 1.89 bits per heavy atom. The van der Waals surface area contributed by atoms with Crippen LogP contribution in [0.25, 0.3) is 0 Å². The number of ether oxygens (including phenoxy) is 1. The lowest BCUT2D eigenvalue weighted by atomic mass is 9.95. The van der Waals surface area contributed by atoms with Gasteiger partial charge in [0.15, 0.2) is 0 Å². The number of nitrogens with zero attached hydrogens (tertiary/aromatic N) is 1. The van der Waals surface area contributed by atoms with Crippen molar-refractivity contribution in [2.24, 2.45) is 0 Å². The molecule has 27 heavy (non-hydrogen) atoms. The maximum atomic E-state index is 12.7. The van der Waals surface area contributed by atoms with E-state index < -0.39 is 0 Å².